The SMILES string of the molecule is CNCCc1cc(Br)cnc1OC. The lowest BCUT2D eigenvalue weighted by Crippen LogP contribution is -2.11. The molecule has 0 unspecified atom stereocenters. The van der Waals surface area contributed by atoms with Crippen LogP contribution in [0.1, 0.15) is 5.56 Å². The van der Waals surface area contributed by atoms with Crippen LogP contribution in [0.15, 0.2) is 16.7 Å². The van der Waals surface area contributed by atoms with Gasteiger partial charge in [-0.2, -0.15) is 0 Å². The van der Waals surface area contributed by atoms with E-state index in [0.717, 1.165) is 23.0 Å². The first kappa shape index (κ1) is 10.5. The summed E-state index contributed by atoms with van der Waals surface area (Å²) in [5, 5.41) is 3.09. The average molecular weight is 245 g/mol. The summed E-state index contributed by atoms with van der Waals surface area (Å²) in [6, 6.07) is 2.03. The molecule has 13 heavy (non-hydrogen) atoms. The number of likely N-dealkylation sites (N-methyl/N-ethyl adjacent to an activating group) is 1. The van der Waals surface area contributed by atoms with E-state index >= 15 is 0 Å². The Morgan fingerprint density at radius 3 is 3.00 bits per heavy atom. The first-order valence-electron chi connectivity index (χ1n) is 4.11. The van der Waals surface area contributed by atoms with Crippen LogP contribution in [0, 0.1) is 0 Å². The number of hydrogen-bond acceptors (Lipinski definition) is 3. The number of hydrogen-bond donors (Lipinski definition) is 1. The second kappa shape index (κ2) is 5.19. The molecule has 0 amide bonds. The molecule has 0 saturated carbocycles. The lowest BCUT2D eigenvalue weighted by molar-refractivity contribution is 0.392. The van der Waals surface area contributed by atoms with E-state index in [-0.39, 0.29) is 0 Å². The Morgan fingerprint density at radius 2 is 2.38 bits per heavy atom. The smallest absolute Gasteiger partial charge is 0.216 e. The minimum atomic E-state index is 0.707. The van der Waals surface area contributed by atoms with Crippen LogP contribution < -0.4 is 10.1 Å². The normalized spacial score (nSPS) is 10.1. The van der Waals surface area contributed by atoms with Crippen molar-refractivity contribution in [3.05, 3.63) is 22.3 Å². The van der Waals surface area contributed by atoms with Crippen molar-refractivity contribution in [3.63, 3.8) is 0 Å². The third-order valence-electron chi connectivity index (χ3n) is 1.73. The van der Waals surface area contributed by atoms with E-state index in [2.05, 4.69) is 26.2 Å². The van der Waals surface area contributed by atoms with Crippen molar-refractivity contribution in [2.24, 2.45) is 0 Å². The maximum Gasteiger partial charge on any atom is 0.216 e. The number of halogens is 1. The van der Waals surface area contributed by atoms with Gasteiger partial charge < -0.3 is 10.1 Å². The van der Waals surface area contributed by atoms with Crippen LogP contribution in [0.2, 0.25) is 0 Å². The van der Waals surface area contributed by atoms with Gasteiger partial charge >= 0.3 is 0 Å². The van der Waals surface area contributed by atoms with Crippen LogP contribution in [0.3, 0.4) is 0 Å². The summed E-state index contributed by atoms with van der Waals surface area (Å²) < 4.78 is 6.12. The number of aromatic nitrogens is 1. The van der Waals surface area contributed by atoms with Crippen molar-refractivity contribution < 1.29 is 4.74 Å². The Kier molecular flexibility index (Phi) is 4.18. The molecule has 0 fully saturated rings. The van der Waals surface area contributed by atoms with E-state index in [1.807, 2.05) is 13.1 Å². The summed E-state index contributed by atoms with van der Waals surface area (Å²) in [5.74, 6) is 0.707. The summed E-state index contributed by atoms with van der Waals surface area (Å²) in [4.78, 5) is 4.15. The molecule has 0 spiro atoms. The molecule has 1 N–H and O–H groups in total. The highest BCUT2D eigenvalue weighted by Crippen LogP contribution is 2.19. The number of ether oxygens (including phenoxy) is 1. The first-order chi connectivity index (χ1) is 6.27. The Hall–Kier alpha value is -0.610. The zero-order valence-corrected chi connectivity index (χ0v) is 9.39. The van der Waals surface area contributed by atoms with Gasteiger partial charge in [-0.3, -0.25) is 0 Å². The van der Waals surface area contributed by atoms with Crippen molar-refractivity contribution in [2.45, 2.75) is 6.42 Å². The van der Waals surface area contributed by atoms with E-state index in [1.54, 1.807) is 13.3 Å². The maximum absolute atomic E-state index is 5.14. The molecule has 1 aromatic rings. The van der Waals surface area contributed by atoms with Gasteiger partial charge in [0.1, 0.15) is 0 Å². The first-order valence-corrected chi connectivity index (χ1v) is 4.90. The van der Waals surface area contributed by atoms with Crippen LogP contribution in [0.25, 0.3) is 0 Å². The highest BCUT2D eigenvalue weighted by Gasteiger charge is 2.03. The van der Waals surface area contributed by atoms with Crippen LogP contribution >= 0.6 is 15.9 Å². The molecular weight excluding hydrogens is 232 g/mol. The minimum absolute atomic E-state index is 0.707. The fourth-order valence-corrected chi connectivity index (χ4v) is 1.47. The molecular formula is C9H13BrN2O. The second-order valence-corrected chi connectivity index (χ2v) is 3.59. The standard InChI is InChI=1S/C9H13BrN2O/c1-11-4-3-7-5-8(10)6-12-9(7)13-2/h5-6,11H,3-4H2,1-2H3. The van der Waals surface area contributed by atoms with Crippen molar-refractivity contribution in [3.8, 4) is 5.88 Å². The zero-order valence-electron chi connectivity index (χ0n) is 7.80. The Balaban J connectivity index is 2.81. The molecule has 0 aliphatic rings. The molecule has 0 bridgehead atoms. The highest BCUT2D eigenvalue weighted by atomic mass is 79.9. The van der Waals surface area contributed by atoms with Crippen LogP contribution in [0.5, 0.6) is 5.88 Å². The molecule has 72 valence electrons. The third-order valence-corrected chi connectivity index (χ3v) is 2.16. The zero-order chi connectivity index (χ0) is 9.68. The van der Waals surface area contributed by atoms with Gasteiger partial charge in [0, 0.05) is 16.2 Å². The molecule has 1 aromatic heterocycles. The predicted molar refractivity (Wildman–Crippen MR) is 56.1 cm³/mol. The Morgan fingerprint density at radius 1 is 1.62 bits per heavy atom. The van der Waals surface area contributed by atoms with Crippen LogP contribution in [-0.2, 0) is 6.42 Å². The second-order valence-electron chi connectivity index (χ2n) is 2.68. The molecule has 3 nitrogen and oxygen atoms in total. The van der Waals surface area contributed by atoms with Gasteiger partial charge in [-0.1, -0.05) is 0 Å². The minimum Gasteiger partial charge on any atom is -0.481 e. The van der Waals surface area contributed by atoms with Gasteiger partial charge in [-0.25, -0.2) is 4.98 Å². The van der Waals surface area contributed by atoms with Crippen LogP contribution in [-0.4, -0.2) is 25.7 Å². The fourth-order valence-electron chi connectivity index (χ4n) is 1.09. The van der Waals surface area contributed by atoms with Gasteiger partial charge in [0.05, 0.1) is 7.11 Å². The molecule has 1 heterocycles. The summed E-state index contributed by atoms with van der Waals surface area (Å²) in [5.41, 5.74) is 1.12. The highest BCUT2D eigenvalue weighted by molar-refractivity contribution is 9.10. The van der Waals surface area contributed by atoms with Crippen LogP contribution in [0.4, 0.5) is 0 Å². The monoisotopic (exact) mass is 244 g/mol. The largest absolute Gasteiger partial charge is 0.481 e. The number of methoxy groups -OCH3 is 1. The van der Waals surface area contributed by atoms with Crippen molar-refractivity contribution in [1.29, 1.82) is 0 Å². The van der Waals surface area contributed by atoms with Crippen molar-refractivity contribution in [2.75, 3.05) is 20.7 Å². The molecule has 1 rings (SSSR count). The van der Waals surface area contributed by atoms with E-state index in [4.69, 9.17) is 4.74 Å². The van der Waals surface area contributed by atoms with Gasteiger partial charge in [-0.15, -0.1) is 0 Å². The van der Waals surface area contributed by atoms with E-state index in [1.165, 1.54) is 0 Å². The molecule has 0 saturated heterocycles. The topological polar surface area (TPSA) is 34.2 Å². The number of nitrogens with zero attached hydrogens (tertiary/aromatic N) is 1. The number of pyridine rings is 1. The van der Waals surface area contributed by atoms with E-state index in [0.29, 0.717) is 5.88 Å². The van der Waals surface area contributed by atoms with Gasteiger partial charge in [0.25, 0.3) is 0 Å². The predicted octanol–water partition coefficient (Wildman–Crippen LogP) is 1.61. The quantitative estimate of drug-likeness (QED) is 0.875. The van der Waals surface area contributed by atoms with Crippen molar-refractivity contribution in [1.82, 2.24) is 10.3 Å². The Bertz CT molecular complexity index is 278. The molecule has 0 atom stereocenters. The van der Waals surface area contributed by atoms with E-state index in [9.17, 15) is 0 Å². The lowest BCUT2D eigenvalue weighted by Gasteiger charge is -2.06. The Labute approximate surface area is 86.6 Å². The average Bonchev–Trinajstić information content (AvgIpc) is 2.15. The van der Waals surface area contributed by atoms with Gasteiger partial charge in [-0.05, 0) is 42.0 Å². The maximum atomic E-state index is 5.14. The molecule has 0 aliphatic heterocycles. The van der Waals surface area contributed by atoms with Gasteiger partial charge in [0.2, 0.25) is 5.88 Å². The molecule has 0 aromatic carbocycles. The van der Waals surface area contributed by atoms with Crippen molar-refractivity contribution >= 4 is 15.9 Å². The fraction of sp³-hybridized carbons (Fsp3) is 0.444. The third kappa shape index (κ3) is 2.97. The summed E-state index contributed by atoms with van der Waals surface area (Å²) in [7, 11) is 3.57. The number of rotatable bonds is 4. The lowest BCUT2D eigenvalue weighted by atomic mass is 10.2. The molecule has 0 aliphatic carbocycles. The molecule has 0 radical (unpaired) electrons. The summed E-state index contributed by atoms with van der Waals surface area (Å²) in [6.07, 6.45) is 2.66. The van der Waals surface area contributed by atoms with E-state index < -0.39 is 0 Å². The molecule has 4 heteroatoms. The summed E-state index contributed by atoms with van der Waals surface area (Å²) >= 11 is 3.38. The number of nitrogens with one attached hydrogen (secondary N) is 1. The summed E-state index contributed by atoms with van der Waals surface area (Å²) in [6.45, 7) is 0.925. The van der Waals surface area contributed by atoms with Gasteiger partial charge in [0.15, 0.2) is 0 Å².